The Labute approximate surface area is 117 Å². The van der Waals surface area contributed by atoms with E-state index < -0.39 is 0 Å². The zero-order chi connectivity index (χ0) is 13.1. The number of hydrogen-bond acceptors (Lipinski definition) is 5. The molecule has 0 aliphatic rings. The van der Waals surface area contributed by atoms with E-state index in [9.17, 15) is 4.39 Å². The minimum Gasteiger partial charge on any atom is -0.338 e. The Kier molecular flexibility index (Phi) is 3.61. The van der Waals surface area contributed by atoms with Crippen LogP contribution in [0.3, 0.4) is 0 Å². The number of benzene rings is 1. The average molecular weight is 292 g/mol. The van der Waals surface area contributed by atoms with Crippen molar-refractivity contribution in [2.75, 3.05) is 0 Å². The summed E-state index contributed by atoms with van der Waals surface area (Å²) in [6, 6.07) is 8.29. The van der Waals surface area contributed by atoms with Crippen LogP contribution in [0.2, 0.25) is 0 Å². The first-order chi connectivity index (χ1) is 9.31. The summed E-state index contributed by atoms with van der Waals surface area (Å²) in [5, 5.41) is 7.88. The van der Waals surface area contributed by atoms with Crippen molar-refractivity contribution in [3.8, 4) is 11.4 Å². The molecule has 0 unspecified atom stereocenters. The van der Waals surface area contributed by atoms with Gasteiger partial charge < -0.3 is 4.52 Å². The lowest BCUT2D eigenvalue weighted by atomic mass is 10.3. The van der Waals surface area contributed by atoms with Gasteiger partial charge in [-0.1, -0.05) is 5.16 Å². The molecule has 0 fully saturated rings. The second-order valence-electron chi connectivity index (χ2n) is 3.77. The van der Waals surface area contributed by atoms with Crippen LogP contribution in [0.4, 0.5) is 4.39 Å². The highest BCUT2D eigenvalue weighted by atomic mass is 32.2. The molecule has 3 nitrogen and oxygen atoms in total. The van der Waals surface area contributed by atoms with Gasteiger partial charge in [-0.25, -0.2) is 4.39 Å². The highest BCUT2D eigenvalue weighted by Gasteiger charge is 2.09. The van der Waals surface area contributed by atoms with Gasteiger partial charge >= 0.3 is 0 Å². The third-order valence-electron chi connectivity index (χ3n) is 2.42. The first kappa shape index (κ1) is 12.4. The fourth-order valence-corrected chi connectivity index (χ4v) is 2.87. The van der Waals surface area contributed by atoms with E-state index in [0.29, 0.717) is 17.5 Å². The van der Waals surface area contributed by atoms with Crippen molar-refractivity contribution in [3.63, 3.8) is 0 Å². The Hall–Kier alpha value is -1.66. The number of hydrogen-bond donors (Lipinski definition) is 0. The molecular formula is C13H9FN2OS2. The maximum Gasteiger partial charge on any atom is 0.237 e. The van der Waals surface area contributed by atoms with Gasteiger partial charge in [0.15, 0.2) is 0 Å². The lowest BCUT2D eigenvalue weighted by Gasteiger charge is -1.97. The van der Waals surface area contributed by atoms with E-state index in [1.54, 1.807) is 23.5 Å². The summed E-state index contributed by atoms with van der Waals surface area (Å²) >= 11 is 3.13. The van der Waals surface area contributed by atoms with Crippen molar-refractivity contribution in [2.24, 2.45) is 0 Å². The number of halogens is 1. The molecule has 0 aliphatic carbocycles. The van der Waals surface area contributed by atoms with Crippen molar-refractivity contribution < 1.29 is 8.91 Å². The monoisotopic (exact) mass is 292 g/mol. The summed E-state index contributed by atoms with van der Waals surface area (Å²) in [4.78, 5) is 5.29. The van der Waals surface area contributed by atoms with Gasteiger partial charge in [-0.3, -0.25) is 0 Å². The highest BCUT2D eigenvalue weighted by molar-refractivity contribution is 7.98. The van der Waals surface area contributed by atoms with E-state index in [2.05, 4.69) is 10.1 Å². The second kappa shape index (κ2) is 5.54. The molecular weight excluding hydrogens is 283 g/mol. The smallest absolute Gasteiger partial charge is 0.237 e. The standard InChI is InChI=1S/C13H9FN2OS2/c14-10-1-3-11(4-2-10)19-8-12-15-13(16-17-12)9-5-6-18-7-9/h1-7H,8H2. The van der Waals surface area contributed by atoms with E-state index in [-0.39, 0.29) is 5.82 Å². The summed E-state index contributed by atoms with van der Waals surface area (Å²) in [6.07, 6.45) is 0. The van der Waals surface area contributed by atoms with E-state index in [0.717, 1.165) is 10.5 Å². The molecule has 0 saturated carbocycles. The van der Waals surface area contributed by atoms with Gasteiger partial charge in [0.1, 0.15) is 5.82 Å². The Bertz CT molecular complexity index is 650. The molecule has 3 aromatic rings. The lowest BCUT2D eigenvalue weighted by molar-refractivity contribution is 0.391. The van der Waals surface area contributed by atoms with Crippen LogP contribution in [-0.2, 0) is 5.75 Å². The van der Waals surface area contributed by atoms with Crippen LogP contribution in [0.5, 0.6) is 0 Å². The fraction of sp³-hybridized carbons (Fsp3) is 0.0769. The van der Waals surface area contributed by atoms with Crippen molar-refractivity contribution in [1.82, 2.24) is 10.1 Å². The van der Waals surface area contributed by atoms with Crippen LogP contribution in [-0.4, -0.2) is 10.1 Å². The summed E-state index contributed by atoms with van der Waals surface area (Å²) in [7, 11) is 0. The molecule has 0 bridgehead atoms. The Morgan fingerprint density at radius 2 is 2.05 bits per heavy atom. The van der Waals surface area contributed by atoms with Crippen molar-refractivity contribution >= 4 is 23.1 Å². The second-order valence-corrected chi connectivity index (χ2v) is 5.60. The molecule has 3 rings (SSSR count). The highest BCUT2D eigenvalue weighted by Crippen LogP contribution is 2.24. The SMILES string of the molecule is Fc1ccc(SCc2nc(-c3ccsc3)no2)cc1. The third-order valence-corrected chi connectivity index (χ3v) is 4.10. The largest absolute Gasteiger partial charge is 0.338 e. The molecule has 96 valence electrons. The zero-order valence-corrected chi connectivity index (χ0v) is 11.4. The minimum atomic E-state index is -0.234. The molecule has 2 aromatic heterocycles. The van der Waals surface area contributed by atoms with Crippen LogP contribution in [0.25, 0.3) is 11.4 Å². The van der Waals surface area contributed by atoms with Gasteiger partial charge in [-0.05, 0) is 35.7 Å². The molecule has 0 radical (unpaired) electrons. The maximum absolute atomic E-state index is 12.8. The molecule has 0 atom stereocenters. The van der Waals surface area contributed by atoms with E-state index >= 15 is 0 Å². The average Bonchev–Trinajstić information content (AvgIpc) is 3.09. The molecule has 0 aliphatic heterocycles. The number of thiophene rings is 1. The van der Waals surface area contributed by atoms with Crippen LogP contribution in [0, 0.1) is 5.82 Å². The number of thioether (sulfide) groups is 1. The third kappa shape index (κ3) is 3.02. The van der Waals surface area contributed by atoms with E-state index in [1.807, 2.05) is 16.8 Å². The summed E-state index contributed by atoms with van der Waals surface area (Å²) in [6.45, 7) is 0. The maximum atomic E-state index is 12.8. The molecule has 0 spiro atoms. The summed E-state index contributed by atoms with van der Waals surface area (Å²) in [5.41, 5.74) is 0.965. The van der Waals surface area contributed by atoms with Gasteiger partial charge in [-0.2, -0.15) is 16.3 Å². The van der Waals surface area contributed by atoms with Crippen molar-refractivity contribution in [2.45, 2.75) is 10.6 Å². The van der Waals surface area contributed by atoms with Gasteiger partial charge in [0.2, 0.25) is 11.7 Å². The summed E-state index contributed by atoms with van der Waals surface area (Å²) < 4.78 is 17.9. The first-order valence-electron chi connectivity index (χ1n) is 5.55. The fourth-order valence-electron chi connectivity index (χ4n) is 1.50. The van der Waals surface area contributed by atoms with Crippen LogP contribution < -0.4 is 0 Å². The Balaban J connectivity index is 1.66. The topological polar surface area (TPSA) is 38.9 Å². The first-order valence-corrected chi connectivity index (χ1v) is 7.47. The van der Waals surface area contributed by atoms with Crippen LogP contribution in [0.15, 0.2) is 50.5 Å². The predicted molar refractivity (Wildman–Crippen MR) is 73.6 cm³/mol. The molecule has 0 amide bonds. The minimum absolute atomic E-state index is 0.234. The predicted octanol–water partition coefficient (Wildman–Crippen LogP) is 4.23. The van der Waals surface area contributed by atoms with Crippen molar-refractivity contribution in [1.29, 1.82) is 0 Å². The molecule has 0 N–H and O–H groups in total. The van der Waals surface area contributed by atoms with Crippen molar-refractivity contribution in [3.05, 3.63) is 52.8 Å². The quantitative estimate of drug-likeness (QED) is 0.675. The molecule has 2 heterocycles. The summed E-state index contributed by atoms with van der Waals surface area (Å²) in [5.74, 6) is 1.51. The number of aromatic nitrogens is 2. The molecule has 0 saturated heterocycles. The van der Waals surface area contributed by atoms with E-state index in [4.69, 9.17) is 4.52 Å². The Morgan fingerprint density at radius 3 is 2.79 bits per heavy atom. The van der Waals surface area contributed by atoms with E-state index in [1.165, 1.54) is 23.9 Å². The molecule has 19 heavy (non-hydrogen) atoms. The van der Waals surface area contributed by atoms with Gasteiger partial charge in [0.05, 0.1) is 5.75 Å². The molecule has 1 aromatic carbocycles. The number of nitrogens with zero attached hydrogens (tertiary/aromatic N) is 2. The van der Waals surface area contributed by atoms with Gasteiger partial charge in [0, 0.05) is 15.8 Å². The van der Waals surface area contributed by atoms with Crippen LogP contribution in [0.1, 0.15) is 5.89 Å². The van der Waals surface area contributed by atoms with Gasteiger partial charge in [-0.15, -0.1) is 11.8 Å². The lowest BCUT2D eigenvalue weighted by Crippen LogP contribution is -1.82. The van der Waals surface area contributed by atoms with Gasteiger partial charge in [0.25, 0.3) is 0 Å². The molecule has 6 heteroatoms. The normalized spacial score (nSPS) is 10.8. The number of rotatable bonds is 4. The zero-order valence-electron chi connectivity index (χ0n) is 9.75. The Morgan fingerprint density at radius 1 is 1.21 bits per heavy atom. The van der Waals surface area contributed by atoms with Crippen LogP contribution >= 0.6 is 23.1 Å².